The number of hydrogen-bond donors (Lipinski definition) is 4. The number of aromatic carboxylic acids is 1. The number of benzene rings is 2. The highest BCUT2D eigenvalue weighted by Gasteiger charge is 2.28. The summed E-state index contributed by atoms with van der Waals surface area (Å²) in [5.74, 6) is -1.42. The molecule has 32 heavy (non-hydrogen) atoms. The number of carboxylic acids is 1. The van der Waals surface area contributed by atoms with Crippen LogP contribution in [0.15, 0.2) is 48.8 Å². The average molecular weight is 429 g/mol. The molecule has 0 saturated carbocycles. The van der Waals surface area contributed by atoms with Crippen molar-refractivity contribution in [2.75, 3.05) is 0 Å². The van der Waals surface area contributed by atoms with Gasteiger partial charge in [-0.2, -0.15) is 0 Å². The van der Waals surface area contributed by atoms with E-state index in [2.05, 4.69) is 34.0 Å². The number of aromatic nitrogens is 3. The predicted octanol–water partition coefficient (Wildman–Crippen LogP) is 6.83. The van der Waals surface area contributed by atoms with Gasteiger partial charge in [-0.1, -0.05) is 26.8 Å². The van der Waals surface area contributed by atoms with Crippen molar-refractivity contribution in [1.29, 1.82) is 0 Å². The van der Waals surface area contributed by atoms with Crippen molar-refractivity contribution >= 4 is 27.8 Å². The van der Waals surface area contributed by atoms with Crippen LogP contribution in [0.25, 0.3) is 44.2 Å². The summed E-state index contributed by atoms with van der Waals surface area (Å²) in [5, 5.41) is 12.0. The van der Waals surface area contributed by atoms with Crippen LogP contribution in [-0.4, -0.2) is 26.0 Å². The quantitative estimate of drug-likeness (QED) is 0.247. The number of rotatable bonds is 5. The van der Waals surface area contributed by atoms with Crippen LogP contribution in [0.2, 0.25) is 0 Å². The molecule has 0 amide bonds. The molecule has 0 aliphatic heterocycles. The number of hydrogen-bond acceptors (Lipinski definition) is 1. The van der Waals surface area contributed by atoms with Crippen molar-refractivity contribution in [3.05, 3.63) is 71.4 Å². The normalized spacial score (nSPS) is 11.8. The Morgan fingerprint density at radius 3 is 2.28 bits per heavy atom. The van der Waals surface area contributed by atoms with Gasteiger partial charge in [0, 0.05) is 45.3 Å². The van der Waals surface area contributed by atoms with E-state index in [0.717, 1.165) is 39.4 Å². The topological polar surface area (TPSA) is 84.7 Å². The fourth-order valence-corrected chi connectivity index (χ4v) is 4.72. The molecule has 0 saturated heterocycles. The third-order valence-electron chi connectivity index (χ3n) is 6.14. The van der Waals surface area contributed by atoms with Gasteiger partial charge in [0.1, 0.15) is 11.5 Å². The van der Waals surface area contributed by atoms with E-state index in [4.69, 9.17) is 0 Å². The molecule has 0 aliphatic rings. The van der Waals surface area contributed by atoms with Gasteiger partial charge < -0.3 is 20.1 Å². The molecule has 0 radical (unpaired) electrons. The molecule has 0 aliphatic carbocycles. The number of aromatic amines is 3. The monoisotopic (exact) mass is 429 g/mol. The van der Waals surface area contributed by atoms with E-state index in [0.29, 0.717) is 22.3 Å². The van der Waals surface area contributed by atoms with Crippen molar-refractivity contribution in [1.82, 2.24) is 15.0 Å². The van der Waals surface area contributed by atoms with Crippen molar-refractivity contribution in [3.63, 3.8) is 0 Å². The van der Waals surface area contributed by atoms with Crippen LogP contribution in [0.4, 0.5) is 4.39 Å². The number of carbonyl (C=O) groups is 1. The smallest absolute Gasteiger partial charge is 0.352 e. The zero-order chi connectivity index (χ0) is 22.6. The second kappa shape index (κ2) is 7.41. The number of fused-ring (bicyclic) bond motifs is 2. The first-order valence-electron chi connectivity index (χ1n) is 10.8. The highest BCUT2D eigenvalue weighted by atomic mass is 19.1. The largest absolute Gasteiger partial charge is 0.477 e. The predicted molar refractivity (Wildman–Crippen MR) is 126 cm³/mol. The van der Waals surface area contributed by atoms with Crippen LogP contribution in [0.1, 0.15) is 48.3 Å². The van der Waals surface area contributed by atoms with E-state index in [1.54, 1.807) is 6.20 Å². The molecule has 162 valence electrons. The SMILES string of the molecule is CCc1cc(-c2c(C(=O)O)[nH]c(-c3cc(F)cc4[nH]ccc34)c2C(C)C)c2cc[nH]c2c1. The van der Waals surface area contributed by atoms with E-state index in [1.165, 1.54) is 12.1 Å². The Morgan fingerprint density at radius 2 is 1.66 bits per heavy atom. The molecule has 0 fully saturated rings. The van der Waals surface area contributed by atoms with Gasteiger partial charge in [-0.3, -0.25) is 0 Å². The van der Waals surface area contributed by atoms with Crippen molar-refractivity contribution in [2.24, 2.45) is 0 Å². The van der Waals surface area contributed by atoms with Crippen LogP contribution < -0.4 is 0 Å². The second-order valence-electron chi connectivity index (χ2n) is 8.45. The molecular formula is C26H24FN3O2. The molecule has 3 aromatic heterocycles. The van der Waals surface area contributed by atoms with Gasteiger partial charge in [0.15, 0.2) is 0 Å². The standard InChI is InChI=1S/C26H24FN3O2/c1-4-14-9-18(16-5-7-28-20(16)10-14)23-22(13(2)3)24(30-25(23)26(31)32)19-11-15(27)12-21-17(19)6-8-29-21/h5-13,28-30H,4H2,1-3H3,(H,31,32). The lowest BCUT2D eigenvalue weighted by Crippen LogP contribution is -2.01. The molecule has 5 nitrogen and oxygen atoms in total. The van der Waals surface area contributed by atoms with Gasteiger partial charge >= 0.3 is 5.97 Å². The molecule has 4 N–H and O–H groups in total. The van der Waals surface area contributed by atoms with Crippen molar-refractivity contribution in [3.8, 4) is 22.4 Å². The van der Waals surface area contributed by atoms with E-state index in [1.807, 2.05) is 32.2 Å². The molecule has 5 rings (SSSR count). The number of nitrogens with one attached hydrogen (secondary N) is 3. The summed E-state index contributed by atoms with van der Waals surface area (Å²) in [6.07, 6.45) is 4.46. The highest BCUT2D eigenvalue weighted by molar-refractivity contribution is 6.07. The first-order valence-corrected chi connectivity index (χ1v) is 10.8. The first-order chi connectivity index (χ1) is 15.4. The van der Waals surface area contributed by atoms with Crippen LogP contribution >= 0.6 is 0 Å². The molecule has 0 spiro atoms. The third kappa shape index (κ3) is 3.02. The fourth-order valence-electron chi connectivity index (χ4n) is 4.72. The fraction of sp³-hybridized carbons (Fsp3) is 0.192. The lowest BCUT2D eigenvalue weighted by atomic mass is 9.88. The Bertz CT molecular complexity index is 1490. The molecule has 0 unspecified atom stereocenters. The minimum absolute atomic E-state index is 0.000818. The first kappa shape index (κ1) is 20.1. The Morgan fingerprint density at radius 1 is 1.00 bits per heavy atom. The average Bonchev–Trinajstić information content (AvgIpc) is 3.49. The summed E-state index contributed by atoms with van der Waals surface area (Å²) in [6.45, 7) is 6.15. The Labute approximate surface area is 184 Å². The molecule has 3 heterocycles. The molecular weight excluding hydrogens is 405 g/mol. The zero-order valence-corrected chi connectivity index (χ0v) is 18.1. The third-order valence-corrected chi connectivity index (χ3v) is 6.14. The maximum absolute atomic E-state index is 14.5. The van der Waals surface area contributed by atoms with E-state index < -0.39 is 5.97 Å². The van der Waals surface area contributed by atoms with Crippen molar-refractivity contribution < 1.29 is 14.3 Å². The minimum atomic E-state index is -1.04. The molecule has 2 aromatic carbocycles. The van der Waals surface area contributed by atoms with E-state index in [-0.39, 0.29) is 17.4 Å². The summed E-state index contributed by atoms with van der Waals surface area (Å²) in [6, 6.07) is 10.9. The number of carboxylic acid groups (broad SMARTS) is 1. The van der Waals surface area contributed by atoms with Gasteiger partial charge in [0.2, 0.25) is 0 Å². The van der Waals surface area contributed by atoms with E-state index in [9.17, 15) is 14.3 Å². The molecule has 5 aromatic rings. The van der Waals surface area contributed by atoms with Gasteiger partial charge in [-0.25, -0.2) is 9.18 Å². The van der Waals surface area contributed by atoms with Crippen LogP contribution in [0.3, 0.4) is 0 Å². The minimum Gasteiger partial charge on any atom is -0.477 e. The van der Waals surface area contributed by atoms with Gasteiger partial charge in [0.05, 0.1) is 5.69 Å². The van der Waals surface area contributed by atoms with E-state index >= 15 is 0 Å². The van der Waals surface area contributed by atoms with Gasteiger partial charge in [0.25, 0.3) is 0 Å². The molecule has 0 bridgehead atoms. The van der Waals surface area contributed by atoms with Gasteiger partial charge in [-0.05, 0) is 59.4 Å². The molecule has 6 heteroatoms. The lowest BCUT2D eigenvalue weighted by molar-refractivity contribution is 0.0692. The Hall–Kier alpha value is -3.80. The summed E-state index contributed by atoms with van der Waals surface area (Å²) in [4.78, 5) is 21.9. The maximum Gasteiger partial charge on any atom is 0.352 e. The molecule has 0 atom stereocenters. The number of halogens is 1. The summed E-state index contributed by atoms with van der Waals surface area (Å²) < 4.78 is 14.5. The Kier molecular flexibility index (Phi) is 4.66. The van der Waals surface area contributed by atoms with Crippen LogP contribution in [0.5, 0.6) is 0 Å². The van der Waals surface area contributed by atoms with Crippen molar-refractivity contribution in [2.45, 2.75) is 33.1 Å². The second-order valence-corrected chi connectivity index (χ2v) is 8.45. The number of aryl methyl sites for hydroxylation is 1. The van der Waals surface area contributed by atoms with Gasteiger partial charge in [-0.15, -0.1) is 0 Å². The number of H-pyrrole nitrogens is 3. The Balaban J connectivity index is 1.92. The summed E-state index contributed by atoms with van der Waals surface area (Å²) in [7, 11) is 0. The highest BCUT2D eigenvalue weighted by Crippen LogP contribution is 2.44. The van der Waals surface area contributed by atoms with Crippen LogP contribution in [0, 0.1) is 5.82 Å². The summed E-state index contributed by atoms with van der Waals surface area (Å²) in [5.41, 5.74) is 6.55. The summed E-state index contributed by atoms with van der Waals surface area (Å²) >= 11 is 0. The lowest BCUT2D eigenvalue weighted by Gasteiger charge is -2.14. The maximum atomic E-state index is 14.5. The zero-order valence-electron chi connectivity index (χ0n) is 18.1. The van der Waals surface area contributed by atoms with Crippen LogP contribution in [-0.2, 0) is 6.42 Å².